The maximum atomic E-state index is 12.3. The number of pyridine rings is 1. The Bertz CT molecular complexity index is 374. The Morgan fingerprint density at radius 2 is 1.93 bits per heavy atom. The quantitative estimate of drug-likeness (QED) is 0.711. The minimum atomic E-state index is -4.49. The van der Waals surface area contributed by atoms with Crippen molar-refractivity contribution in [3.05, 3.63) is 23.4 Å². The minimum Gasteiger partial charge on any atom is -0.362 e. The molecule has 0 spiro atoms. The van der Waals surface area contributed by atoms with Gasteiger partial charge in [-0.1, -0.05) is 0 Å². The molecule has 0 aliphatic carbocycles. The number of anilines is 1. The van der Waals surface area contributed by atoms with Crippen molar-refractivity contribution in [3.63, 3.8) is 0 Å². The van der Waals surface area contributed by atoms with Crippen molar-refractivity contribution < 1.29 is 18.0 Å². The van der Waals surface area contributed by atoms with E-state index in [2.05, 4.69) is 4.98 Å². The standard InChI is InChI=1S/C9H9F3N2O/c1-14(2)8-6(5-15)3-4-7(13-8)9(10,11)12/h3-5H,1-2H3. The molecule has 0 saturated heterocycles. The molecule has 0 saturated carbocycles. The minimum absolute atomic E-state index is 0.0137. The molecule has 1 aromatic rings. The second-order valence-corrected chi connectivity index (χ2v) is 3.12. The van der Waals surface area contributed by atoms with Crippen LogP contribution in [0.5, 0.6) is 0 Å². The SMILES string of the molecule is CN(C)c1nc(C(F)(F)F)ccc1C=O. The van der Waals surface area contributed by atoms with E-state index >= 15 is 0 Å². The summed E-state index contributed by atoms with van der Waals surface area (Å²) in [4.78, 5) is 15.3. The summed E-state index contributed by atoms with van der Waals surface area (Å²) in [5.41, 5.74) is -0.871. The fraction of sp³-hybridized carbons (Fsp3) is 0.333. The van der Waals surface area contributed by atoms with Crippen molar-refractivity contribution in [3.8, 4) is 0 Å². The van der Waals surface area contributed by atoms with Crippen LogP contribution in [0.2, 0.25) is 0 Å². The number of aldehydes is 1. The smallest absolute Gasteiger partial charge is 0.362 e. The lowest BCUT2D eigenvalue weighted by atomic mass is 10.2. The molecule has 0 fully saturated rings. The van der Waals surface area contributed by atoms with Crippen molar-refractivity contribution in [2.45, 2.75) is 6.18 Å². The fourth-order valence-electron chi connectivity index (χ4n) is 1.07. The summed E-state index contributed by atoms with van der Waals surface area (Å²) < 4.78 is 36.9. The third kappa shape index (κ3) is 2.45. The maximum absolute atomic E-state index is 12.3. The molecule has 15 heavy (non-hydrogen) atoms. The second kappa shape index (κ2) is 3.88. The van der Waals surface area contributed by atoms with Crippen LogP contribution >= 0.6 is 0 Å². The van der Waals surface area contributed by atoms with Crippen LogP contribution in [0.25, 0.3) is 0 Å². The molecule has 0 aliphatic rings. The van der Waals surface area contributed by atoms with E-state index in [1.165, 1.54) is 19.0 Å². The van der Waals surface area contributed by atoms with Gasteiger partial charge < -0.3 is 4.90 Å². The van der Waals surface area contributed by atoms with E-state index in [0.29, 0.717) is 6.29 Å². The number of carbonyl (C=O) groups is 1. The van der Waals surface area contributed by atoms with Crippen molar-refractivity contribution in [2.24, 2.45) is 0 Å². The lowest BCUT2D eigenvalue weighted by Crippen LogP contribution is -2.17. The molecule has 0 atom stereocenters. The maximum Gasteiger partial charge on any atom is 0.433 e. The van der Waals surface area contributed by atoms with Crippen molar-refractivity contribution in [2.75, 3.05) is 19.0 Å². The van der Waals surface area contributed by atoms with Gasteiger partial charge in [-0.05, 0) is 12.1 Å². The number of aromatic nitrogens is 1. The third-order valence-electron chi connectivity index (χ3n) is 1.75. The van der Waals surface area contributed by atoms with Crippen LogP contribution in [0, 0.1) is 0 Å². The summed E-state index contributed by atoms with van der Waals surface area (Å²) in [6, 6.07) is 1.90. The Kier molecular flexibility index (Phi) is 2.97. The molecule has 1 rings (SSSR count). The molecule has 1 aromatic heterocycles. The predicted molar refractivity (Wildman–Crippen MR) is 49.0 cm³/mol. The molecule has 82 valence electrons. The molecule has 0 unspecified atom stereocenters. The number of carbonyl (C=O) groups excluding carboxylic acids is 1. The molecule has 0 aliphatic heterocycles. The second-order valence-electron chi connectivity index (χ2n) is 3.12. The van der Waals surface area contributed by atoms with E-state index in [1.54, 1.807) is 0 Å². The van der Waals surface area contributed by atoms with E-state index in [-0.39, 0.29) is 11.4 Å². The lowest BCUT2D eigenvalue weighted by molar-refractivity contribution is -0.141. The highest BCUT2D eigenvalue weighted by atomic mass is 19.4. The van der Waals surface area contributed by atoms with Crippen LogP contribution in [0.4, 0.5) is 19.0 Å². The molecular weight excluding hydrogens is 209 g/mol. The zero-order valence-electron chi connectivity index (χ0n) is 8.17. The van der Waals surface area contributed by atoms with Crippen LogP contribution in [-0.4, -0.2) is 25.4 Å². The number of halogens is 3. The van der Waals surface area contributed by atoms with E-state index < -0.39 is 11.9 Å². The third-order valence-corrected chi connectivity index (χ3v) is 1.75. The van der Waals surface area contributed by atoms with Gasteiger partial charge in [-0.25, -0.2) is 4.98 Å². The van der Waals surface area contributed by atoms with E-state index in [1.807, 2.05) is 0 Å². The summed E-state index contributed by atoms with van der Waals surface area (Å²) in [5.74, 6) is 0.0137. The topological polar surface area (TPSA) is 33.2 Å². The summed E-state index contributed by atoms with van der Waals surface area (Å²) in [6.07, 6.45) is -4.02. The van der Waals surface area contributed by atoms with E-state index in [0.717, 1.165) is 12.1 Å². The first-order valence-electron chi connectivity index (χ1n) is 4.07. The first-order valence-corrected chi connectivity index (χ1v) is 4.07. The molecule has 1 heterocycles. The Morgan fingerprint density at radius 1 is 1.33 bits per heavy atom. The predicted octanol–water partition coefficient (Wildman–Crippen LogP) is 1.98. The summed E-state index contributed by atoms with van der Waals surface area (Å²) in [5, 5.41) is 0. The summed E-state index contributed by atoms with van der Waals surface area (Å²) in [6.45, 7) is 0. The largest absolute Gasteiger partial charge is 0.433 e. The van der Waals surface area contributed by atoms with Gasteiger partial charge in [-0.2, -0.15) is 13.2 Å². The highest BCUT2D eigenvalue weighted by Crippen LogP contribution is 2.29. The molecule has 0 radical (unpaired) electrons. The molecule has 0 amide bonds. The molecule has 6 heteroatoms. The molecular formula is C9H9F3N2O. The molecule has 0 N–H and O–H groups in total. The molecule has 3 nitrogen and oxygen atoms in total. The molecule has 0 aromatic carbocycles. The molecule has 0 bridgehead atoms. The number of hydrogen-bond donors (Lipinski definition) is 0. The van der Waals surface area contributed by atoms with Crippen molar-refractivity contribution in [1.82, 2.24) is 4.98 Å². The highest BCUT2D eigenvalue weighted by molar-refractivity contribution is 5.82. The average Bonchev–Trinajstić information content (AvgIpc) is 2.15. The zero-order chi connectivity index (χ0) is 11.6. The number of hydrogen-bond acceptors (Lipinski definition) is 3. The van der Waals surface area contributed by atoms with Gasteiger partial charge in [0, 0.05) is 14.1 Å². The Hall–Kier alpha value is -1.59. The van der Waals surface area contributed by atoms with E-state index in [4.69, 9.17) is 0 Å². The van der Waals surface area contributed by atoms with Gasteiger partial charge >= 0.3 is 6.18 Å². The monoisotopic (exact) mass is 218 g/mol. The van der Waals surface area contributed by atoms with Gasteiger partial charge in [0.25, 0.3) is 0 Å². The van der Waals surface area contributed by atoms with Crippen LogP contribution in [0.1, 0.15) is 16.1 Å². The van der Waals surface area contributed by atoms with Gasteiger partial charge in [-0.3, -0.25) is 4.79 Å². The number of rotatable bonds is 2. The van der Waals surface area contributed by atoms with Crippen LogP contribution in [0.15, 0.2) is 12.1 Å². The highest BCUT2D eigenvalue weighted by Gasteiger charge is 2.33. The summed E-state index contributed by atoms with van der Waals surface area (Å²) >= 11 is 0. The Morgan fingerprint density at radius 3 is 2.33 bits per heavy atom. The fourth-order valence-corrected chi connectivity index (χ4v) is 1.07. The van der Waals surface area contributed by atoms with Crippen LogP contribution < -0.4 is 4.90 Å². The summed E-state index contributed by atoms with van der Waals surface area (Å²) in [7, 11) is 3.05. The van der Waals surface area contributed by atoms with Crippen LogP contribution in [0.3, 0.4) is 0 Å². The average molecular weight is 218 g/mol. The van der Waals surface area contributed by atoms with Crippen molar-refractivity contribution in [1.29, 1.82) is 0 Å². The van der Waals surface area contributed by atoms with Gasteiger partial charge in [0.15, 0.2) is 6.29 Å². The first-order chi connectivity index (χ1) is 6.86. The van der Waals surface area contributed by atoms with Crippen LogP contribution in [-0.2, 0) is 6.18 Å². The lowest BCUT2D eigenvalue weighted by Gasteiger charge is -2.15. The number of nitrogens with zero attached hydrogens (tertiary/aromatic N) is 2. The first kappa shape index (κ1) is 11.5. The Labute approximate surface area is 84.5 Å². The van der Waals surface area contributed by atoms with Gasteiger partial charge in [0.05, 0.1) is 5.56 Å². The van der Waals surface area contributed by atoms with Crippen molar-refractivity contribution >= 4 is 12.1 Å². The normalized spacial score (nSPS) is 11.3. The van der Waals surface area contributed by atoms with Gasteiger partial charge in [0.2, 0.25) is 0 Å². The number of alkyl halides is 3. The van der Waals surface area contributed by atoms with Gasteiger partial charge in [0.1, 0.15) is 11.5 Å². The van der Waals surface area contributed by atoms with Gasteiger partial charge in [-0.15, -0.1) is 0 Å². The zero-order valence-corrected chi connectivity index (χ0v) is 8.17. The van der Waals surface area contributed by atoms with E-state index in [9.17, 15) is 18.0 Å². The Balaban J connectivity index is 3.28.